The summed E-state index contributed by atoms with van der Waals surface area (Å²) in [6.07, 6.45) is 0. The van der Waals surface area contributed by atoms with Crippen molar-refractivity contribution >= 4 is 40.0 Å². The van der Waals surface area contributed by atoms with Crippen LogP contribution in [0.3, 0.4) is 0 Å². The van der Waals surface area contributed by atoms with Gasteiger partial charge in [0.1, 0.15) is 5.75 Å². The molecule has 0 spiro atoms. The van der Waals surface area contributed by atoms with Crippen molar-refractivity contribution in [1.29, 1.82) is 0 Å². The van der Waals surface area contributed by atoms with Gasteiger partial charge in [0.25, 0.3) is 0 Å². The summed E-state index contributed by atoms with van der Waals surface area (Å²) in [5.41, 5.74) is 0.0598. The van der Waals surface area contributed by atoms with Crippen molar-refractivity contribution in [2.24, 2.45) is 0 Å². The van der Waals surface area contributed by atoms with E-state index in [1.807, 2.05) is 0 Å². The molecule has 0 fully saturated rings. The standard InChI is InChI=1S/C9H6O3S2/c10-5-3-6-4(1-2-14-6)7(8(5)13)9(11)12/h1-3,10,13H,(H,11,12). The summed E-state index contributed by atoms with van der Waals surface area (Å²) in [6.45, 7) is 0. The molecule has 2 aromatic rings. The first-order valence-corrected chi connectivity index (χ1v) is 5.09. The number of rotatable bonds is 1. The van der Waals surface area contributed by atoms with Gasteiger partial charge < -0.3 is 10.2 Å². The average molecular weight is 226 g/mol. The highest BCUT2D eigenvalue weighted by molar-refractivity contribution is 7.80. The molecule has 3 nitrogen and oxygen atoms in total. The zero-order valence-corrected chi connectivity index (χ0v) is 8.60. The van der Waals surface area contributed by atoms with Crippen LogP contribution in [0.4, 0.5) is 0 Å². The van der Waals surface area contributed by atoms with E-state index < -0.39 is 5.97 Å². The Bertz CT molecular complexity index is 516. The summed E-state index contributed by atoms with van der Waals surface area (Å²) in [6, 6.07) is 3.23. The average Bonchev–Trinajstić information content (AvgIpc) is 2.52. The number of hydrogen-bond acceptors (Lipinski definition) is 4. The van der Waals surface area contributed by atoms with Crippen LogP contribution in [0.15, 0.2) is 22.4 Å². The minimum Gasteiger partial charge on any atom is -0.507 e. The zero-order valence-electron chi connectivity index (χ0n) is 6.89. The maximum atomic E-state index is 10.9. The number of phenolic OH excluding ortho intramolecular Hbond substituents is 1. The number of aromatic carboxylic acids is 1. The van der Waals surface area contributed by atoms with E-state index >= 15 is 0 Å². The van der Waals surface area contributed by atoms with E-state index in [0.717, 1.165) is 4.70 Å². The summed E-state index contributed by atoms with van der Waals surface area (Å²) in [7, 11) is 0. The molecule has 0 saturated carbocycles. The maximum Gasteiger partial charge on any atom is 0.337 e. The van der Waals surface area contributed by atoms with Crippen LogP contribution in [0.5, 0.6) is 5.75 Å². The van der Waals surface area contributed by atoms with E-state index in [4.69, 9.17) is 5.11 Å². The Morgan fingerprint density at radius 2 is 2.21 bits per heavy atom. The summed E-state index contributed by atoms with van der Waals surface area (Å²) in [5, 5.41) is 20.8. The second kappa shape index (κ2) is 3.18. The molecule has 0 radical (unpaired) electrons. The van der Waals surface area contributed by atoms with Gasteiger partial charge >= 0.3 is 5.97 Å². The predicted molar refractivity (Wildman–Crippen MR) is 57.7 cm³/mol. The quantitative estimate of drug-likeness (QED) is 0.655. The highest BCUT2D eigenvalue weighted by Gasteiger charge is 2.16. The van der Waals surface area contributed by atoms with Crippen molar-refractivity contribution in [3.8, 4) is 5.75 Å². The third-order valence-corrected chi connectivity index (χ3v) is 3.24. The summed E-state index contributed by atoms with van der Waals surface area (Å²) in [4.78, 5) is 11.0. The molecular formula is C9H6O3S2. The third-order valence-electron chi connectivity index (χ3n) is 1.93. The van der Waals surface area contributed by atoms with Gasteiger partial charge in [-0.3, -0.25) is 0 Å². The lowest BCUT2D eigenvalue weighted by molar-refractivity contribution is 0.0695. The molecule has 0 saturated heterocycles. The number of fused-ring (bicyclic) bond motifs is 1. The third kappa shape index (κ3) is 1.25. The SMILES string of the molecule is O=C(O)c1c(S)c(O)cc2sccc12. The number of carbonyl (C=O) groups is 1. The van der Waals surface area contributed by atoms with Gasteiger partial charge in [0.05, 0.1) is 10.5 Å². The van der Waals surface area contributed by atoms with E-state index in [1.54, 1.807) is 11.4 Å². The van der Waals surface area contributed by atoms with Crippen molar-refractivity contribution < 1.29 is 15.0 Å². The van der Waals surface area contributed by atoms with E-state index in [0.29, 0.717) is 5.39 Å². The smallest absolute Gasteiger partial charge is 0.337 e. The number of benzene rings is 1. The Balaban J connectivity index is 2.93. The number of hydrogen-bond donors (Lipinski definition) is 3. The van der Waals surface area contributed by atoms with Gasteiger partial charge in [-0.15, -0.1) is 24.0 Å². The Morgan fingerprint density at radius 3 is 2.86 bits per heavy atom. The number of aromatic hydroxyl groups is 1. The molecule has 5 heteroatoms. The van der Waals surface area contributed by atoms with Gasteiger partial charge in [0.15, 0.2) is 0 Å². The van der Waals surface area contributed by atoms with Crippen LogP contribution < -0.4 is 0 Å². The van der Waals surface area contributed by atoms with Gasteiger partial charge in [-0.25, -0.2) is 4.79 Å². The van der Waals surface area contributed by atoms with Crippen molar-refractivity contribution in [3.05, 3.63) is 23.1 Å². The van der Waals surface area contributed by atoms with Crippen molar-refractivity contribution in [3.63, 3.8) is 0 Å². The summed E-state index contributed by atoms with van der Waals surface area (Å²) in [5.74, 6) is -1.17. The molecular weight excluding hydrogens is 220 g/mol. The summed E-state index contributed by atoms with van der Waals surface area (Å²) < 4.78 is 0.748. The van der Waals surface area contributed by atoms with Crippen LogP contribution in [0.2, 0.25) is 0 Å². The molecule has 1 aromatic carbocycles. The first kappa shape index (κ1) is 9.36. The van der Waals surface area contributed by atoms with Crippen LogP contribution in [0, 0.1) is 0 Å². The van der Waals surface area contributed by atoms with Crippen molar-refractivity contribution in [2.75, 3.05) is 0 Å². The molecule has 1 heterocycles. The molecule has 14 heavy (non-hydrogen) atoms. The van der Waals surface area contributed by atoms with E-state index in [-0.39, 0.29) is 16.2 Å². The zero-order chi connectivity index (χ0) is 10.3. The second-order valence-electron chi connectivity index (χ2n) is 2.76. The van der Waals surface area contributed by atoms with Gasteiger partial charge in [-0.05, 0) is 17.5 Å². The van der Waals surface area contributed by atoms with E-state index in [9.17, 15) is 9.90 Å². The topological polar surface area (TPSA) is 57.5 Å². The minimum atomic E-state index is -1.07. The molecule has 0 aliphatic heterocycles. The number of thiophene rings is 1. The highest BCUT2D eigenvalue weighted by atomic mass is 32.1. The fourth-order valence-electron chi connectivity index (χ4n) is 1.30. The van der Waals surface area contributed by atoms with Crippen LogP contribution >= 0.6 is 24.0 Å². The van der Waals surface area contributed by atoms with Crippen LogP contribution in [-0.2, 0) is 0 Å². The minimum absolute atomic E-state index is 0.0598. The fraction of sp³-hybridized carbons (Fsp3) is 0. The number of thiol groups is 1. The lowest BCUT2D eigenvalue weighted by Gasteiger charge is -2.03. The first-order chi connectivity index (χ1) is 6.61. The van der Waals surface area contributed by atoms with Crippen molar-refractivity contribution in [2.45, 2.75) is 4.90 Å². The molecule has 0 aliphatic rings. The molecule has 0 amide bonds. The second-order valence-corrected chi connectivity index (χ2v) is 4.15. The highest BCUT2D eigenvalue weighted by Crippen LogP contribution is 2.35. The molecule has 0 aliphatic carbocycles. The van der Waals surface area contributed by atoms with Crippen LogP contribution in [0.1, 0.15) is 10.4 Å². The molecule has 0 atom stereocenters. The van der Waals surface area contributed by atoms with Gasteiger partial charge in [0, 0.05) is 10.1 Å². The number of phenols is 1. The predicted octanol–water partition coefficient (Wildman–Crippen LogP) is 2.59. The Kier molecular flexibility index (Phi) is 2.13. The normalized spacial score (nSPS) is 10.6. The molecule has 2 N–H and O–H groups in total. The first-order valence-electron chi connectivity index (χ1n) is 3.76. The van der Waals surface area contributed by atoms with E-state index in [2.05, 4.69) is 12.6 Å². The van der Waals surface area contributed by atoms with E-state index in [1.165, 1.54) is 17.4 Å². The Hall–Kier alpha value is -1.20. The van der Waals surface area contributed by atoms with Crippen LogP contribution in [0.25, 0.3) is 10.1 Å². The van der Waals surface area contributed by atoms with Gasteiger partial charge in [-0.1, -0.05) is 0 Å². The summed E-state index contributed by atoms with van der Waals surface area (Å²) >= 11 is 5.36. The Labute approximate surface area is 89.0 Å². The lowest BCUT2D eigenvalue weighted by Crippen LogP contribution is -1.98. The number of carboxylic acids is 1. The van der Waals surface area contributed by atoms with Gasteiger partial charge in [-0.2, -0.15) is 0 Å². The largest absolute Gasteiger partial charge is 0.507 e. The monoisotopic (exact) mass is 226 g/mol. The van der Waals surface area contributed by atoms with Crippen molar-refractivity contribution in [1.82, 2.24) is 0 Å². The molecule has 72 valence electrons. The molecule has 0 unspecified atom stereocenters. The molecule has 1 aromatic heterocycles. The van der Waals surface area contributed by atoms with Gasteiger partial charge in [0.2, 0.25) is 0 Å². The maximum absolute atomic E-state index is 10.9. The fourth-order valence-corrected chi connectivity index (χ4v) is 2.41. The molecule has 0 bridgehead atoms. The number of carboxylic acid groups (broad SMARTS) is 1. The molecule has 2 rings (SSSR count). The Morgan fingerprint density at radius 1 is 1.50 bits per heavy atom. The van der Waals surface area contributed by atoms with Crippen LogP contribution in [-0.4, -0.2) is 16.2 Å². The lowest BCUT2D eigenvalue weighted by atomic mass is 10.1.